The summed E-state index contributed by atoms with van der Waals surface area (Å²) < 4.78 is 12.0. The molecule has 8 aromatic heterocycles. The minimum Gasteiger partial charge on any atom is -0.309 e. The first kappa shape index (κ1) is 66.3. The van der Waals surface area contributed by atoms with Gasteiger partial charge in [0.25, 0.3) is 0 Å². The molecule has 0 saturated carbocycles. The lowest BCUT2D eigenvalue weighted by Crippen LogP contribution is -1.95. The van der Waals surface area contributed by atoms with E-state index in [2.05, 4.69) is 394 Å². The maximum Gasteiger partial charge on any atom is 0.143 e. The lowest BCUT2D eigenvalue weighted by Gasteiger charge is -2.12. The normalized spacial score (nSPS) is 12.1. The van der Waals surface area contributed by atoms with E-state index in [-0.39, 0.29) is 0 Å². The van der Waals surface area contributed by atoms with Crippen molar-refractivity contribution in [3.8, 4) is 67.5 Å². The quantitative estimate of drug-likeness (QED) is 0.152. The van der Waals surface area contributed by atoms with Crippen molar-refractivity contribution in [1.29, 1.82) is 0 Å². The van der Waals surface area contributed by atoms with Gasteiger partial charge in [-0.3, -0.25) is 9.97 Å². The molecule has 8 nitrogen and oxygen atoms in total. The Morgan fingerprint density at radius 2 is 0.525 bits per heavy atom. The smallest absolute Gasteiger partial charge is 0.143 e. The SMILES string of the molecule is c1cc(-c2ccc3sc4nc(-c5cccc(-n6c7ccccc7c7c8ccccc8ccc76)c5)cnc4c3c2)cc(-n2c3ccccc3c3c4ccccc4ccc32)c1.c1cc(-c2ccc3sc4nc(-c5cccc(-n6c7ccccc7c7ccc8ccccc8c76)c5)cnc4c3c2)cc(-n2c3ccccc3c3ccc4ccccc4c32)c1. The van der Waals surface area contributed by atoms with Crippen LogP contribution in [0.2, 0.25) is 0 Å². The summed E-state index contributed by atoms with van der Waals surface area (Å²) in [4.78, 5) is 22.6. The number of benzene rings is 18. The van der Waals surface area contributed by atoms with Crippen LogP contribution in [0.25, 0.3) is 239 Å². The summed E-state index contributed by atoms with van der Waals surface area (Å²) in [6.45, 7) is 0. The average molecular weight is 1540 g/mol. The van der Waals surface area contributed by atoms with Gasteiger partial charge >= 0.3 is 0 Å². The Hall–Kier alpha value is -15.2. The summed E-state index contributed by atoms with van der Waals surface area (Å²) in [6, 6.07) is 136. The van der Waals surface area contributed by atoms with Gasteiger partial charge in [0.15, 0.2) is 0 Å². The van der Waals surface area contributed by atoms with Crippen molar-refractivity contribution in [3.63, 3.8) is 0 Å². The van der Waals surface area contributed by atoms with Crippen LogP contribution >= 0.6 is 22.7 Å². The summed E-state index contributed by atoms with van der Waals surface area (Å²) in [5.41, 5.74) is 24.4. The molecule has 0 aliphatic rings. The van der Waals surface area contributed by atoms with Crippen LogP contribution < -0.4 is 0 Å². The van der Waals surface area contributed by atoms with Crippen molar-refractivity contribution in [2.75, 3.05) is 0 Å². The van der Waals surface area contributed by atoms with Gasteiger partial charge in [-0.15, -0.1) is 22.7 Å². The minimum atomic E-state index is 0.864. The third-order valence-electron chi connectivity index (χ3n) is 24.3. The molecule has 0 unspecified atom stereocenters. The molecule has 10 heteroatoms. The van der Waals surface area contributed by atoms with Gasteiger partial charge in [-0.25, -0.2) is 9.97 Å². The molecular weight excluding hydrogens is 1470 g/mol. The van der Waals surface area contributed by atoms with E-state index >= 15 is 0 Å². The summed E-state index contributed by atoms with van der Waals surface area (Å²) in [5, 5.41) is 22.4. The summed E-state index contributed by atoms with van der Waals surface area (Å²) in [7, 11) is 0. The lowest BCUT2D eigenvalue weighted by molar-refractivity contribution is 1.18. The Bertz CT molecular complexity index is 8750. The molecule has 0 amide bonds. The van der Waals surface area contributed by atoms with Crippen molar-refractivity contribution in [2.24, 2.45) is 0 Å². The van der Waals surface area contributed by atoms with Gasteiger partial charge in [-0.05, 0) is 164 Å². The van der Waals surface area contributed by atoms with E-state index in [1.165, 1.54) is 140 Å². The summed E-state index contributed by atoms with van der Waals surface area (Å²) in [6.07, 6.45) is 3.88. The highest BCUT2D eigenvalue weighted by atomic mass is 32.1. The predicted octanol–water partition coefficient (Wildman–Crippen LogP) is 29.4. The highest BCUT2D eigenvalue weighted by molar-refractivity contribution is 7.25. The second kappa shape index (κ2) is 26.2. The monoisotopic (exact) mass is 1540 g/mol. The number of fused-ring (bicyclic) bond motifs is 26. The lowest BCUT2D eigenvalue weighted by atomic mass is 10.0. The number of para-hydroxylation sites is 4. The molecule has 0 spiro atoms. The Kier molecular flexibility index (Phi) is 14.7. The number of rotatable bonds is 8. The first-order chi connectivity index (χ1) is 58.5. The van der Waals surface area contributed by atoms with E-state index in [0.717, 1.165) is 99.0 Å². The molecule has 26 aromatic rings. The molecule has 0 aliphatic carbocycles. The highest BCUT2D eigenvalue weighted by Gasteiger charge is 2.23. The van der Waals surface area contributed by atoms with E-state index in [1.54, 1.807) is 22.7 Å². The molecule has 8 heterocycles. The molecule has 0 fully saturated rings. The molecule has 0 radical (unpaired) electrons. The molecule has 18 aromatic carbocycles. The average Bonchev–Trinajstić information content (AvgIpc) is 1.57. The van der Waals surface area contributed by atoms with E-state index in [0.29, 0.717) is 0 Å². The number of hydrogen-bond acceptors (Lipinski definition) is 6. The molecule has 0 N–H and O–H groups in total. The maximum atomic E-state index is 5.26. The van der Waals surface area contributed by atoms with Crippen LogP contribution in [0.4, 0.5) is 0 Å². The number of aromatic nitrogens is 8. The molecular formula is C108H64N8S2. The van der Waals surface area contributed by atoms with Gasteiger partial charge in [0.2, 0.25) is 0 Å². The van der Waals surface area contributed by atoms with Gasteiger partial charge in [0, 0.05) is 108 Å². The first-order valence-electron chi connectivity index (χ1n) is 40.0. The van der Waals surface area contributed by atoms with Gasteiger partial charge in [-0.2, -0.15) is 0 Å². The van der Waals surface area contributed by atoms with E-state index in [9.17, 15) is 0 Å². The van der Waals surface area contributed by atoms with Crippen LogP contribution in [0.15, 0.2) is 389 Å². The second-order valence-electron chi connectivity index (χ2n) is 30.8. The number of hydrogen-bond donors (Lipinski definition) is 0. The van der Waals surface area contributed by atoms with Crippen LogP contribution in [0.1, 0.15) is 0 Å². The van der Waals surface area contributed by atoms with Gasteiger partial charge in [-0.1, -0.05) is 267 Å². The topological polar surface area (TPSA) is 71.3 Å². The summed E-state index contributed by atoms with van der Waals surface area (Å²) in [5.74, 6) is 0. The second-order valence-corrected chi connectivity index (χ2v) is 32.8. The Morgan fingerprint density at radius 3 is 0.949 bits per heavy atom. The Balaban J connectivity index is 0.000000131. The van der Waals surface area contributed by atoms with Crippen LogP contribution in [0, 0.1) is 0 Å². The zero-order chi connectivity index (χ0) is 77.2. The molecule has 0 aliphatic heterocycles. The largest absolute Gasteiger partial charge is 0.309 e. The minimum absolute atomic E-state index is 0.864. The third-order valence-corrected chi connectivity index (χ3v) is 26.4. The number of thiophene rings is 2. The first-order valence-corrected chi connectivity index (χ1v) is 41.6. The molecule has 0 atom stereocenters. The number of nitrogens with zero attached hydrogens (tertiary/aromatic N) is 8. The van der Waals surface area contributed by atoms with Crippen molar-refractivity contribution < 1.29 is 0 Å². The van der Waals surface area contributed by atoms with Crippen molar-refractivity contribution >= 4 is 194 Å². The fraction of sp³-hybridized carbons (Fsp3) is 0. The predicted molar refractivity (Wildman–Crippen MR) is 499 cm³/mol. The van der Waals surface area contributed by atoms with Crippen LogP contribution in [0.3, 0.4) is 0 Å². The molecule has 26 rings (SSSR count). The zero-order valence-corrected chi connectivity index (χ0v) is 65.0. The third kappa shape index (κ3) is 10.3. The van der Waals surface area contributed by atoms with Gasteiger partial charge in [0.05, 0.1) is 67.9 Å². The van der Waals surface area contributed by atoms with Crippen molar-refractivity contribution in [3.05, 3.63) is 389 Å². The standard InChI is InChI=1S/2C54H32N4S/c1-3-17-40-33(11-1)23-26-48-51(40)42-19-5-7-21-46(42)57(48)38-15-9-13-35(29-38)36-25-28-50-44(31-36)53-54(59-50)56-45(32-55-53)37-14-10-16-39(30-37)58-47-22-8-6-20-43(47)52-41-18-4-2-12-34(41)24-27-49(52)58;1-3-17-40-33(11-1)23-26-44-42-19-5-7-21-48(42)57(52(40)44)38-15-9-13-35(29-38)36-25-28-50-46(31-36)51-54(59-50)56-47(32-55-51)37-14-10-16-39(30-37)58-49-22-8-6-20-43(49)45-27-24-34-12-2-4-18-41(34)53(45)58/h2*1-32H. The molecule has 0 saturated heterocycles. The fourth-order valence-electron chi connectivity index (χ4n) is 19.0. The maximum absolute atomic E-state index is 5.26. The molecule has 118 heavy (non-hydrogen) atoms. The molecule has 0 bridgehead atoms. The van der Waals surface area contributed by atoms with Crippen LogP contribution in [0.5, 0.6) is 0 Å². The fourth-order valence-corrected chi connectivity index (χ4v) is 21.0. The van der Waals surface area contributed by atoms with E-state index < -0.39 is 0 Å². The Labute approximate surface area is 683 Å². The van der Waals surface area contributed by atoms with E-state index in [1.807, 2.05) is 12.4 Å². The zero-order valence-electron chi connectivity index (χ0n) is 63.3. The van der Waals surface area contributed by atoms with Crippen molar-refractivity contribution in [2.45, 2.75) is 0 Å². The van der Waals surface area contributed by atoms with Crippen LogP contribution in [-0.2, 0) is 0 Å². The highest BCUT2D eigenvalue weighted by Crippen LogP contribution is 2.46. The molecule has 548 valence electrons. The van der Waals surface area contributed by atoms with Gasteiger partial charge in [0.1, 0.15) is 20.7 Å². The van der Waals surface area contributed by atoms with Crippen molar-refractivity contribution in [1.82, 2.24) is 38.2 Å². The van der Waals surface area contributed by atoms with E-state index in [4.69, 9.17) is 19.9 Å². The Morgan fingerprint density at radius 1 is 0.203 bits per heavy atom. The summed E-state index contributed by atoms with van der Waals surface area (Å²) >= 11 is 3.41. The van der Waals surface area contributed by atoms with Crippen LogP contribution in [-0.4, -0.2) is 38.2 Å². The van der Waals surface area contributed by atoms with Gasteiger partial charge < -0.3 is 18.3 Å².